The number of aromatic nitrogens is 2. The summed E-state index contributed by atoms with van der Waals surface area (Å²) in [7, 11) is 1.59. The molecule has 1 aromatic heterocycles. The first-order chi connectivity index (χ1) is 6.27. The predicted octanol–water partition coefficient (Wildman–Crippen LogP) is 1.40. The molecule has 0 fully saturated rings. The summed E-state index contributed by atoms with van der Waals surface area (Å²) >= 11 is 2.97. The van der Waals surface area contributed by atoms with Crippen molar-refractivity contribution in [3.05, 3.63) is 5.01 Å². The zero-order valence-corrected chi connectivity index (χ0v) is 9.17. The Morgan fingerprint density at radius 3 is 3.00 bits per heavy atom. The van der Waals surface area contributed by atoms with Crippen LogP contribution < -0.4 is 5.32 Å². The molecular formula is C7H11N3OS2. The smallest absolute Gasteiger partial charge is 0.282 e. The fourth-order valence-corrected chi connectivity index (χ4v) is 2.38. The van der Waals surface area contributed by atoms with Gasteiger partial charge in [0.1, 0.15) is 0 Å². The number of rotatable bonds is 4. The number of carbonyl (C=O) groups excluding carboxylic acids is 1. The van der Waals surface area contributed by atoms with Crippen LogP contribution in [-0.4, -0.2) is 28.9 Å². The lowest BCUT2D eigenvalue weighted by Gasteiger charge is -1.90. The van der Waals surface area contributed by atoms with Crippen molar-refractivity contribution in [2.24, 2.45) is 0 Å². The average Bonchev–Trinajstić information content (AvgIpc) is 2.62. The third-order valence-electron chi connectivity index (χ3n) is 1.26. The zero-order valence-electron chi connectivity index (χ0n) is 7.53. The van der Waals surface area contributed by atoms with Crippen LogP contribution in [0, 0.1) is 0 Å². The van der Waals surface area contributed by atoms with Crippen molar-refractivity contribution in [3.8, 4) is 0 Å². The molecule has 0 atom stereocenters. The van der Waals surface area contributed by atoms with Gasteiger partial charge in [0.2, 0.25) is 5.01 Å². The second-order valence-electron chi connectivity index (χ2n) is 2.30. The Labute approximate surface area is 85.1 Å². The van der Waals surface area contributed by atoms with E-state index in [0.29, 0.717) is 5.01 Å². The largest absolute Gasteiger partial charge is 0.353 e. The molecule has 4 nitrogen and oxygen atoms in total. The van der Waals surface area contributed by atoms with Crippen molar-refractivity contribution in [2.45, 2.75) is 17.7 Å². The van der Waals surface area contributed by atoms with Gasteiger partial charge in [-0.05, 0) is 6.42 Å². The minimum atomic E-state index is -0.166. The zero-order chi connectivity index (χ0) is 9.68. The molecule has 0 aromatic carbocycles. The first kappa shape index (κ1) is 10.5. The quantitative estimate of drug-likeness (QED) is 0.775. The number of amides is 1. The molecule has 0 saturated heterocycles. The van der Waals surface area contributed by atoms with E-state index in [0.717, 1.165) is 16.5 Å². The van der Waals surface area contributed by atoms with Gasteiger partial charge in [-0.2, -0.15) is 0 Å². The predicted molar refractivity (Wildman–Crippen MR) is 54.3 cm³/mol. The second-order valence-corrected chi connectivity index (χ2v) is 4.62. The lowest BCUT2D eigenvalue weighted by Crippen LogP contribution is -2.17. The van der Waals surface area contributed by atoms with Crippen LogP contribution in [0.3, 0.4) is 0 Å². The SMILES string of the molecule is CCCSc1nnc(C(=O)NC)s1. The summed E-state index contributed by atoms with van der Waals surface area (Å²) < 4.78 is 0.862. The highest BCUT2D eigenvalue weighted by Crippen LogP contribution is 2.22. The molecule has 1 amide bonds. The molecule has 0 aliphatic rings. The lowest BCUT2D eigenvalue weighted by molar-refractivity contribution is 0.0962. The van der Waals surface area contributed by atoms with Gasteiger partial charge in [-0.3, -0.25) is 4.79 Å². The normalized spacial score (nSPS) is 10.0. The molecule has 0 spiro atoms. The topological polar surface area (TPSA) is 54.9 Å². The Morgan fingerprint density at radius 2 is 2.38 bits per heavy atom. The van der Waals surface area contributed by atoms with Crippen LogP contribution in [0.5, 0.6) is 0 Å². The molecule has 13 heavy (non-hydrogen) atoms. The summed E-state index contributed by atoms with van der Waals surface area (Å²) in [6.45, 7) is 2.10. The molecule has 0 aliphatic carbocycles. The number of thioether (sulfide) groups is 1. The van der Waals surface area contributed by atoms with Crippen LogP contribution in [0.2, 0.25) is 0 Å². The lowest BCUT2D eigenvalue weighted by atomic mass is 10.6. The molecular weight excluding hydrogens is 206 g/mol. The van der Waals surface area contributed by atoms with Gasteiger partial charge >= 0.3 is 0 Å². The van der Waals surface area contributed by atoms with E-state index in [2.05, 4.69) is 22.4 Å². The summed E-state index contributed by atoms with van der Waals surface area (Å²) in [6.07, 6.45) is 1.10. The number of hydrogen-bond acceptors (Lipinski definition) is 5. The maximum absolute atomic E-state index is 11.1. The summed E-state index contributed by atoms with van der Waals surface area (Å²) in [5.74, 6) is 0.850. The maximum atomic E-state index is 11.1. The Bertz CT molecular complexity index is 287. The van der Waals surface area contributed by atoms with Gasteiger partial charge in [0, 0.05) is 12.8 Å². The Kier molecular flexibility index (Phi) is 4.17. The second kappa shape index (κ2) is 5.18. The van der Waals surface area contributed by atoms with Crippen molar-refractivity contribution in [1.29, 1.82) is 0 Å². The Morgan fingerprint density at radius 1 is 1.62 bits per heavy atom. The number of nitrogens with one attached hydrogen (secondary N) is 1. The van der Waals surface area contributed by atoms with E-state index < -0.39 is 0 Å². The Hall–Kier alpha value is -0.620. The van der Waals surface area contributed by atoms with Crippen molar-refractivity contribution >= 4 is 29.0 Å². The highest BCUT2D eigenvalue weighted by atomic mass is 32.2. The van der Waals surface area contributed by atoms with Crippen LogP contribution in [-0.2, 0) is 0 Å². The van der Waals surface area contributed by atoms with Gasteiger partial charge < -0.3 is 5.32 Å². The average molecular weight is 217 g/mol. The summed E-state index contributed by atoms with van der Waals surface area (Å²) in [5, 5.41) is 10.6. The molecule has 6 heteroatoms. The number of carbonyl (C=O) groups is 1. The number of nitrogens with zero attached hydrogens (tertiary/aromatic N) is 2. The minimum absolute atomic E-state index is 0.166. The minimum Gasteiger partial charge on any atom is -0.353 e. The molecule has 1 heterocycles. The van der Waals surface area contributed by atoms with Gasteiger partial charge in [0.05, 0.1) is 0 Å². The third-order valence-corrected chi connectivity index (χ3v) is 3.52. The first-order valence-electron chi connectivity index (χ1n) is 3.96. The summed E-state index contributed by atoms with van der Waals surface area (Å²) in [6, 6.07) is 0. The number of hydrogen-bond donors (Lipinski definition) is 1. The molecule has 1 aromatic rings. The molecule has 0 unspecified atom stereocenters. The molecule has 0 aliphatic heterocycles. The monoisotopic (exact) mass is 217 g/mol. The maximum Gasteiger partial charge on any atom is 0.282 e. The van der Waals surface area contributed by atoms with Crippen LogP contribution in [0.4, 0.5) is 0 Å². The van der Waals surface area contributed by atoms with Crippen LogP contribution in [0.15, 0.2) is 4.34 Å². The van der Waals surface area contributed by atoms with Crippen LogP contribution >= 0.6 is 23.1 Å². The van der Waals surface area contributed by atoms with Crippen LogP contribution in [0.1, 0.15) is 23.1 Å². The van der Waals surface area contributed by atoms with Crippen molar-refractivity contribution in [2.75, 3.05) is 12.8 Å². The van der Waals surface area contributed by atoms with E-state index in [1.807, 2.05) is 0 Å². The summed E-state index contributed by atoms with van der Waals surface area (Å²) in [5.41, 5.74) is 0. The third kappa shape index (κ3) is 2.96. The molecule has 0 saturated carbocycles. The molecule has 1 rings (SSSR count). The van der Waals surface area contributed by atoms with Crippen molar-refractivity contribution in [1.82, 2.24) is 15.5 Å². The standard InChI is InChI=1S/C7H11N3OS2/c1-3-4-12-7-10-9-6(13-7)5(11)8-2/h3-4H2,1-2H3,(H,8,11). The van der Waals surface area contributed by atoms with E-state index in [9.17, 15) is 4.79 Å². The van der Waals surface area contributed by atoms with Crippen LogP contribution in [0.25, 0.3) is 0 Å². The highest BCUT2D eigenvalue weighted by Gasteiger charge is 2.10. The van der Waals surface area contributed by atoms with Gasteiger partial charge in [0.25, 0.3) is 5.91 Å². The van der Waals surface area contributed by atoms with Gasteiger partial charge in [0.15, 0.2) is 4.34 Å². The van der Waals surface area contributed by atoms with E-state index >= 15 is 0 Å². The fraction of sp³-hybridized carbons (Fsp3) is 0.571. The van der Waals surface area contributed by atoms with Gasteiger partial charge in [-0.25, -0.2) is 0 Å². The Balaban J connectivity index is 2.58. The molecule has 0 bridgehead atoms. The highest BCUT2D eigenvalue weighted by molar-refractivity contribution is 8.01. The van der Waals surface area contributed by atoms with Gasteiger partial charge in [-0.1, -0.05) is 30.0 Å². The van der Waals surface area contributed by atoms with Gasteiger partial charge in [-0.15, -0.1) is 10.2 Å². The van der Waals surface area contributed by atoms with E-state index in [1.165, 1.54) is 11.3 Å². The van der Waals surface area contributed by atoms with E-state index in [1.54, 1.807) is 18.8 Å². The van der Waals surface area contributed by atoms with Crippen molar-refractivity contribution in [3.63, 3.8) is 0 Å². The molecule has 0 radical (unpaired) electrons. The first-order valence-corrected chi connectivity index (χ1v) is 5.76. The fourth-order valence-electron chi connectivity index (χ4n) is 0.656. The van der Waals surface area contributed by atoms with E-state index in [4.69, 9.17) is 0 Å². The summed E-state index contributed by atoms with van der Waals surface area (Å²) in [4.78, 5) is 11.1. The molecule has 1 N–H and O–H groups in total. The molecule has 72 valence electrons. The van der Waals surface area contributed by atoms with Crippen molar-refractivity contribution < 1.29 is 4.79 Å². The van der Waals surface area contributed by atoms with E-state index in [-0.39, 0.29) is 5.91 Å².